The first-order chi connectivity index (χ1) is 16.0. The number of benzene rings is 2. The smallest absolute Gasteiger partial charge is 0.397 e. The summed E-state index contributed by atoms with van der Waals surface area (Å²) >= 11 is 0. The molecule has 1 saturated carbocycles. The Morgan fingerprint density at radius 3 is 2.24 bits per heavy atom. The van der Waals surface area contributed by atoms with Gasteiger partial charge in [-0.2, -0.15) is 13.2 Å². The predicted molar refractivity (Wildman–Crippen MR) is 112 cm³/mol. The molecule has 5 atom stereocenters. The number of aliphatic hydroxyl groups is 4. The molecule has 0 spiro atoms. The highest BCUT2D eigenvalue weighted by Crippen LogP contribution is 2.57. The number of hydrogen-bond acceptors (Lipinski definition) is 6. The standard InChI is InChI=1S/C24H26F4O6/c25-17-6-3-14(22-21(32)20(31)19(30)18(11-29)34-22)10-15(17)9-13-1-4-16(5-2-13)33-12-23(7-8-23)24(26,27)28/h1-6,10,18-22,29-32H,7-9,11-12H2/t18-,19-,20+,21-,22?/m1/s1. The summed E-state index contributed by atoms with van der Waals surface area (Å²) < 4.78 is 64.5. The minimum atomic E-state index is -4.30. The Kier molecular flexibility index (Phi) is 6.90. The van der Waals surface area contributed by atoms with Gasteiger partial charge in [0.15, 0.2) is 0 Å². The van der Waals surface area contributed by atoms with Crippen LogP contribution < -0.4 is 4.74 Å². The van der Waals surface area contributed by atoms with Crippen molar-refractivity contribution in [3.05, 3.63) is 65.0 Å². The lowest BCUT2D eigenvalue weighted by atomic mass is 9.90. The summed E-state index contributed by atoms with van der Waals surface area (Å²) in [5, 5.41) is 39.7. The Bertz CT molecular complexity index is 990. The predicted octanol–water partition coefficient (Wildman–Crippen LogP) is 2.65. The highest BCUT2D eigenvalue weighted by molar-refractivity contribution is 5.35. The summed E-state index contributed by atoms with van der Waals surface area (Å²) in [7, 11) is 0. The number of alkyl halides is 3. The Morgan fingerprint density at radius 2 is 1.65 bits per heavy atom. The van der Waals surface area contributed by atoms with Crippen LogP contribution in [-0.2, 0) is 11.2 Å². The average molecular weight is 486 g/mol. The maximum Gasteiger partial charge on any atom is 0.397 e. The van der Waals surface area contributed by atoms with Crippen LogP contribution in [0.3, 0.4) is 0 Å². The van der Waals surface area contributed by atoms with Crippen LogP contribution in [0.25, 0.3) is 0 Å². The van der Waals surface area contributed by atoms with Crippen molar-refractivity contribution in [1.82, 2.24) is 0 Å². The van der Waals surface area contributed by atoms with Crippen LogP contribution in [0.5, 0.6) is 5.75 Å². The molecule has 1 saturated heterocycles. The van der Waals surface area contributed by atoms with Gasteiger partial charge in [-0.15, -0.1) is 0 Å². The second kappa shape index (κ2) is 9.43. The molecule has 0 radical (unpaired) electrons. The molecule has 6 nitrogen and oxygen atoms in total. The Morgan fingerprint density at radius 1 is 0.971 bits per heavy atom. The van der Waals surface area contributed by atoms with Gasteiger partial charge < -0.3 is 29.9 Å². The summed E-state index contributed by atoms with van der Waals surface area (Å²) in [6.07, 6.45) is -10.8. The van der Waals surface area contributed by atoms with Crippen molar-refractivity contribution < 1.29 is 47.5 Å². The van der Waals surface area contributed by atoms with E-state index in [1.54, 1.807) is 12.1 Å². The molecule has 34 heavy (non-hydrogen) atoms. The van der Waals surface area contributed by atoms with Crippen LogP contribution >= 0.6 is 0 Å². The summed E-state index contributed by atoms with van der Waals surface area (Å²) in [4.78, 5) is 0. The fourth-order valence-electron chi connectivity index (χ4n) is 4.09. The Balaban J connectivity index is 1.45. The molecule has 2 fully saturated rings. The molecular weight excluding hydrogens is 460 g/mol. The van der Waals surface area contributed by atoms with Gasteiger partial charge in [0.05, 0.1) is 6.61 Å². The third-order valence-corrected chi connectivity index (χ3v) is 6.58. The van der Waals surface area contributed by atoms with Gasteiger partial charge in [-0.05, 0) is 53.8 Å². The molecule has 1 aliphatic carbocycles. The fraction of sp³-hybridized carbons (Fsp3) is 0.500. The molecule has 0 bridgehead atoms. The molecule has 4 rings (SSSR count). The lowest BCUT2D eigenvalue weighted by Gasteiger charge is -2.40. The number of rotatable bonds is 7. The molecule has 2 aliphatic rings. The molecule has 1 aliphatic heterocycles. The van der Waals surface area contributed by atoms with Crippen molar-refractivity contribution in [3.8, 4) is 5.75 Å². The van der Waals surface area contributed by atoms with E-state index in [0.29, 0.717) is 11.1 Å². The molecule has 0 aromatic heterocycles. The highest BCUT2D eigenvalue weighted by Gasteiger charge is 2.63. The van der Waals surface area contributed by atoms with Crippen LogP contribution in [0, 0.1) is 11.2 Å². The van der Waals surface area contributed by atoms with Crippen molar-refractivity contribution in [1.29, 1.82) is 0 Å². The largest absolute Gasteiger partial charge is 0.493 e. The van der Waals surface area contributed by atoms with E-state index in [2.05, 4.69) is 0 Å². The van der Waals surface area contributed by atoms with E-state index in [9.17, 15) is 38.0 Å². The molecule has 2 aromatic rings. The van der Waals surface area contributed by atoms with Crippen LogP contribution in [-0.4, -0.2) is 64.2 Å². The van der Waals surface area contributed by atoms with Gasteiger partial charge in [-0.25, -0.2) is 4.39 Å². The monoisotopic (exact) mass is 486 g/mol. The summed E-state index contributed by atoms with van der Waals surface area (Å²) in [5.74, 6) is -0.232. The van der Waals surface area contributed by atoms with E-state index in [1.165, 1.54) is 30.3 Å². The van der Waals surface area contributed by atoms with Gasteiger partial charge in [-0.1, -0.05) is 18.2 Å². The minimum absolute atomic E-state index is 0.0542. The van der Waals surface area contributed by atoms with Crippen molar-refractivity contribution in [2.24, 2.45) is 5.41 Å². The first-order valence-electron chi connectivity index (χ1n) is 10.9. The van der Waals surface area contributed by atoms with Crippen molar-refractivity contribution in [2.45, 2.75) is 56.0 Å². The third-order valence-electron chi connectivity index (χ3n) is 6.58. The number of ether oxygens (including phenoxy) is 2. The summed E-state index contributed by atoms with van der Waals surface area (Å²) in [6.45, 7) is -1.01. The second-order valence-corrected chi connectivity index (χ2v) is 8.99. The van der Waals surface area contributed by atoms with Crippen LogP contribution in [0.15, 0.2) is 42.5 Å². The minimum Gasteiger partial charge on any atom is -0.493 e. The Hall–Kier alpha value is -2.24. The maximum atomic E-state index is 14.5. The van der Waals surface area contributed by atoms with Crippen LogP contribution in [0.1, 0.15) is 35.6 Å². The van der Waals surface area contributed by atoms with E-state index in [0.717, 1.165) is 0 Å². The van der Waals surface area contributed by atoms with Crippen LogP contribution in [0.2, 0.25) is 0 Å². The van der Waals surface area contributed by atoms with Crippen molar-refractivity contribution >= 4 is 0 Å². The van der Waals surface area contributed by atoms with Crippen molar-refractivity contribution in [2.75, 3.05) is 13.2 Å². The van der Waals surface area contributed by atoms with Gasteiger partial charge in [0.1, 0.15) is 54.1 Å². The SMILES string of the molecule is OC[C@H]1OC(c2ccc(F)c(Cc3ccc(OCC4(C(F)(F)F)CC4)cc3)c2)[C@H](O)[C@@H](O)[C@@H]1O. The zero-order valence-electron chi connectivity index (χ0n) is 18.1. The highest BCUT2D eigenvalue weighted by atomic mass is 19.4. The van der Waals surface area contributed by atoms with E-state index in [-0.39, 0.29) is 30.6 Å². The molecule has 1 heterocycles. The van der Waals surface area contributed by atoms with E-state index < -0.39 is 61.1 Å². The first kappa shape index (κ1) is 24.9. The zero-order chi connectivity index (χ0) is 24.7. The molecule has 10 heteroatoms. The first-order valence-corrected chi connectivity index (χ1v) is 10.9. The van der Waals surface area contributed by atoms with E-state index in [4.69, 9.17) is 9.47 Å². The molecular formula is C24H26F4O6. The molecule has 0 amide bonds. The summed E-state index contributed by atoms with van der Waals surface area (Å²) in [6, 6.07) is 10.4. The van der Waals surface area contributed by atoms with Gasteiger partial charge in [-0.3, -0.25) is 0 Å². The van der Waals surface area contributed by atoms with Gasteiger partial charge in [0, 0.05) is 6.42 Å². The van der Waals surface area contributed by atoms with Gasteiger partial charge in [0.2, 0.25) is 0 Å². The number of hydrogen-bond donors (Lipinski definition) is 4. The molecule has 1 unspecified atom stereocenters. The average Bonchev–Trinajstić information content (AvgIpc) is 3.60. The van der Waals surface area contributed by atoms with E-state index >= 15 is 0 Å². The number of halogens is 4. The molecule has 2 aromatic carbocycles. The molecule has 186 valence electrons. The fourth-order valence-corrected chi connectivity index (χ4v) is 4.09. The second-order valence-electron chi connectivity index (χ2n) is 8.99. The maximum absolute atomic E-state index is 14.5. The lowest BCUT2D eigenvalue weighted by Crippen LogP contribution is -2.55. The topological polar surface area (TPSA) is 99.4 Å². The van der Waals surface area contributed by atoms with Gasteiger partial charge in [0.25, 0.3) is 0 Å². The normalized spacial score (nSPS) is 28.5. The van der Waals surface area contributed by atoms with Gasteiger partial charge >= 0.3 is 6.18 Å². The quantitative estimate of drug-likeness (QED) is 0.450. The molecule has 4 N–H and O–H groups in total. The number of aliphatic hydroxyl groups excluding tert-OH is 4. The van der Waals surface area contributed by atoms with Crippen LogP contribution in [0.4, 0.5) is 17.6 Å². The summed E-state index contributed by atoms with van der Waals surface area (Å²) in [5.41, 5.74) is -0.471. The third kappa shape index (κ3) is 4.92. The van der Waals surface area contributed by atoms with E-state index in [1.807, 2.05) is 0 Å². The van der Waals surface area contributed by atoms with Crippen molar-refractivity contribution in [3.63, 3.8) is 0 Å². The lowest BCUT2D eigenvalue weighted by molar-refractivity contribution is -0.231. The Labute approximate surface area is 193 Å². The zero-order valence-corrected chi connectivity index (χ0v) is 18.1.